The van der Waals surface area contributed by atoms with Crippen LogP contribution in [0.25, 0.3) is 0 Å². The lowest BCUT2D eigenvalue weighted by atomic mass is 10.2. The Labute approximate surface area is 126 Å². The van der Waals surface area contributed by atoms with Crippen molar-refractivity contribution in [2.75, 3.05) is 44.5 Å². The zero-order valence-electron chi connectivity index (χ0n) is 12.8. The van der Waals surface area contributed by atoms with Gasteiger partial charge in [0.25, 0.3) is 0 Å². The Kier molecular flexibility index (Phi) is 8.04. The Morgan fingerprint density at radius 2 is 2.05 bits per heavy atom. The fourth-order valence-corrected chi connectivity index (χ4v) is 1.73. The molecule has 1 aromatic carbocycles. The Morgan fingerprint density at radius 1 is 1.24 bits per heavy atom. The van der Waals surface area contributed by atoms with Crippen LogP contribution in [-0.4, -0.2) is 39.3 Å². The van der Waals surface area contributed by atoms with Crippen LogP contribution in [0.2, 0.25) is 0 Å². The lowest BCUT2D eigenvalue weighted by molar-refractivity contribution is -0.121. The molecule has 118 valence electrons. The van der Waals surface area contributed by atoms with E-state index in [0.29, 0.717) is 38.4 Å². The summed E-state index contributed by atoms with van der Waals surface area (Å²) in [6, 6.07) is 5.49. The lowest BCUT2D eigenvalue weighted by Gasteiger charge is -2.11. The van der Waals surface area contributed by atoms with Gasteiger partial charge in [-0.3, -0.25) is 4.79 Å². The van der Waals surface area contributed by atoms with Gasteiger partial charge in [0.15, 0.2) is 0 Å². The van der Waals surface area contributed by atoms with Crippen LogP contribution in [0.1, 0.15) is 19.8 Å². The second-order valence-corrected chi connectivity index (χ2v) is 4.66. The summed E-state index contributed by atoms with van der Waals surface area (Å²) in [5.74, 6) is 0.731. The molecule has 0 aromatic heterocycles. The molecule has 0 radical (unpaired) electrons. The summed E-state index contributed by atoms with van der Waals surface area (Å²) in [6.45, 7) is 4.29. The smallest absolute Gasteiger partial charge is 0.221 e. The van der Waals surface area contributed by atoms with Gasteiger partial charge in [-0.05, 0) is 12.5 Å². The number of amides is 1. The molecule has 0 unspecified atom stereocenters. The summed E-state index contributed by atoms with van der Waals surface area (Å²) in [5.41, 5.74) is 7.32. The van der Waals surface area contributed by atoms with E-state index in [1.807, 2.05) is 19.1 Å². The van der Waals surface area contributed by atoms with Crippen LogP contribution in [0.5, 0.6) is 5.75 Å². The number of methoxy groups -OCH3 is 1. The largest absolute Gasteiger partial charge is 0.493 e. The highest BCUT2D eigenvalue weighted by Gasteiger charge is 2.03. The number of hydrogen-bond acceptors (Lipinski definition) is 5. The maximum atomic E-state index is 11.5. The molecule has 6 nitrogen and oxygen atoms in total. The number of ether oxygens (including phenoxy) is 2. The minimum absolute atomic E-state index is 0.00842. The first kappa shape index (κ1) is 17.1. The predicted octanol–water partition coefficient (Wildman–Crippen LogP) is 1.62. The summed E-state index contributed by atoms with van der Waals surface area (Å²) >= 11 is 0. The number of anilines is 2. The second-order valence-electron chi connectivity index (χ2n) is 4.66. The summed E-state index contributed by atoms with van der Waals surface area (Å²) in [4.78, 5) is 11.5. The van der Waals surface area contributed by atoms with Gasteiger partial charge in [-0.15, -0.1) is 0 Å². The van der Waals surface area contributed by atoms with Gasteiger partial charge < -0.3 is 25.8 Å². The van der Waals surface area contributed by atoms with Gasteiger partial charge in [-0.25, -0.2) is 0 Å². The van der Waals surface area contributed by atoms with Gasteiger partial charge in [-0.1, -0.05) is 6.92 Å². The molecule has 0 fully saturated rings. The van der Waals surface area contributed by atoms with Crippen molar-refractivity contribution in [3.8, 4) is 5.75 Å². The Hall–Kier alpha value is -1.95. The minimum Gasteiger partial charge on any atom is -0.493 e. The van der Waals surface area contributed by atoms with E-state index in [9.17, 15) is 4.79 Å². The van der Waals surface area contributed by atoms with E-state index in [1.54, 1.807) is 13.2 Å². The molecule has 1 amide bonds. The highest BCUT2D eigenvalue weighted by atomic mass is 16.5. The average Bonchev–Trinajstić information content (AvgIpc) is 2.45. The molecule has 0 spiro atoms. The normalized spacial score (nSPS) is 10.2. The van der Waals surface area contributed by atoms with Crippen LogP contribution in [0.4, 0.5) is 11.4 Å². The molecule has 1 rings (SSSR count). The van der Waals surface area contributed by atoms with Crippen LogP contribution in [-0.2, 0) is 9.53 Å². The average molecular weight is 295 g/mol. The van der Waals surface area contributed by atoms with Crippen molar-refractivity contribution >= 4 is 17.3 Å². The molecule has 0 aliphatic carbocycles. The third kappa shape index (κ3) is 7.41. The second kappa shape index (κ2) is 9.88. The number of nitrogens with two attached hydrogens (primary N) is 1. The highest BCUT2D eigenvalue weighted by Crippen LogP contribution is 2.22. The van der Waals surface area contributed by atoms with Crippen LogP contribution in [0.15, 0.2) is 18.2 Å². The number of benzene rings is 1. The number of hydrogen-bond donors (Lipinski definition) is 3. The minimum atomic E-state index is -0.00842. The van der Waals surface area contributed by atoms with E-state index < -0.39 is 0 Å². The van der Waals surface area contributed by atoms with Crippen LogP contribution in [0, 0.1) is 0 Å². The molecule has 21 heavy (non-hydrogen) atoms. The molecule has 0 bridgehead atoms. The molecule has 4 N–H and O–H groups in total. The van der Waals surface area contributed by atoms with Gasteiger partial charge in [0.2, 0.25) is 5.91 Å². The molecule has 0 aliphatic heterocycles. The number of rotatable bonds is 10. The number of nitrogen functional groups attached to an aromatic ring is 1. The Balaban J connectivity index is 2.37. The van der Waals surface area contributed by atoms with E-state index in [2.05, 4.69) is 10.6 Å². The Morgan fingerprint density at radius 3 is 2.76 bits per heavy atom. The molecule has 0 aliphatic rings. The SMILES string of the molecule is CCCOc1cc(N)cc(NCCC(=O)NCCOC)c1. The first-order valence-electron chi connectivity index (χ1n) is 7.18. The standard InChI is InChI=1S/C15H25N3O3/c1-3-7-21-14-10-12(16)9-13(11-14)17-5-4-15(19)18-6-8-20-2/h9-11,17H,3-8,16H2,1-2H3,(H,18,19). The van der Waals surface area contributed by atoms with Gasteiger partial charge in [0.1, 0.15) is 5.75 Å². The first-order valence-corrected chi connectivity index (χ1v) is 7.18. The molecule has 1 aromatic rings. The third-order valence-electron chi connectivity index (χ3n) is 2.71. The zero-order chi connectivity index (χ0) is 15.5. The van der Waals surface area contributed by atoms with E-state index in [-0.39, 0.29) is 5.91 Å². The van der Waals surface area contributed by atoms with Crippen molar-refractivity contribution in [1.82, 2.24) is 5.32 Å². The topological polar surface area (TPSA) is 85.6 Å². The number of carbonyl (C=O) groups is 1. The molecular formula is C15H25N3O3. The quantitative estimate of drug-likeness (QED) is 0.451. The van der Waals surface area contributed by atoms with E-state index >= 15 is 0 Å². The summed E-state index contributed by atoms with van der Waals surface area (Å²) in [6.07, 6.45) is 1.34. The van der Waals surface area contributed by atoms with E-state index in [1.165, 1.54) is 0 Å². The number of nitrogens with one attached hydrogen (secondary N) is 2. The van der Waals surface area contributed by atoms with Gasteiger partial charge in [0.05, 0.1) is 13.2 Å². The van der Waals surface area contributed by atoms with Gasteiger partial charge in [-0.2, -0.15) is 0 Å². The van der Waals surface area contributed by atoms with Crippen molar-refractivity contribution in [3.63, 3.8) is 0 Å². The summed E-state index contributed by atoms with van der Waals surface area (Å²) in [7, 11) is 1.60. The maximum absolute atomic E-state index is 11.5. The lowest BCUT2D eigenvalue weighted by Crippen LogP contribution is -2.28. The summed E-state index contributed by atoms with van der Waals surface area (Å²) < 4.78 is 10.4. The van der Waals surface area contributed by atoms with Crippen molar-refractivity contribution < 1.29 is 14.3 Å². The van der Waals surface area contributed by atoms with Crippen molar-refractivity contribution in [3.05, 3.63) is 18.2 Å². The summed E-state index contributed by atoms with van der Waals surface area (Å²) in [5, 5.41) is 5.94. The van der Waals surface area contributed by atoms with Crippen molar-refractivity contribution in [1.29, 1.82) is 0 Å². The highest BCUT2D eigenvalue weighted by molar-refractivity contribution is 5.76. The molecule has 0 saturated carbocycles. The maximum Gasteiger partial charge on any atom is 0.221 e. The molecule has 0 atom stereocenters. The Bertz CT molecular complexity index is 438. The number of carbonyl (C=O) groups excluding carboxylic acids is 1. The third-order valence-corrected chi connectivity index (χ3v) is 2.71. The monoisotopic (exact) mass is 295 g/mol. The zero-order valence-corrected chi connectivity index (χ0v) is 12.8. The molecule has 6 heteroatoms. The van der Waals surface area contributed by atoms with Crippen LogP contribution >= 0.6 is 0 Å². The van der Waals surface area contributed by atoms with Crippen LogP contribution < -0.4 is 21.1 Å². The molecular weight excluding hydrogens is 270 g/mol. The van der Waals surface area contributed by atoms with Crippen molar-refractivity contribution in [2.24, 2.45) is 0 Å². The van der Waals surface area contributed by atoms with Gasteiger partial charge in [0, 0.05) is 50.1 Å². The first-order chi connectivity index (χ1) is 10.2. The molecule has 0 saturated heterocycles. The predicted molar refractivity (Wildman–Crippen MR) is 84.6 cm³/mol. The van der Waals surface area contributed by atoms with Crippen molar-refractivity contribution in [2.45, 2.75) is 19.8 Å². The fraction of sp³-hybridized carbons (Fsp3) is 0.533. The van der Waals surface area contributed by atoms with E-state index in [4.69, 9.17) is 15.2 Å². The fourth-order valence-electron chi connectivity index (χ4n) is 1.73. The molecule has 0 heterocycles. The van der Waals surface area contributed by atoms with E-state index in [0.717, 1.165) is 17.9 Å². The van der Waals surface area contributed by atoms with Crippen LogP contribution in [0.3, 0.4) is 0 Å². The van der Waals surface area contributed by atoms with Gasteiger partial charge >= 0.3 is 0 Å².